The molecule has 29 heavy (non-hydrogen) atoms. The molecule has 2 aromatic rings. The van der Waals surface area contributed by atoms with Crippen molar-refractivity contribution in [1.29, 1.82) is 0 Å². The van der Waals surface area contributed by atoms with Gasteiger partial charge in [0.15, 0.2) is 0 Å². The molecule has 0 saturated carbocycles. The average molecular weight is 396 g/mol. The number of rotatable bonds is 6. The number of carbonyl (C=O) groups is 1. The number of urea groups is 1. The van der Waals surface area contributed by atoms with Gasteiger partial charge in [0.2, 0.25) is 0 Å². The fourth-order valence-electron chi connectivity index (χ4n) is 3.72. The third-order valence-electron chi connectivity index (χ3n) is 5.86. The molecule has 1 aromatic heterocycles. The molecule has 2 atom stereocenters. The second-order valence-electron chi connectivity index (χ2n) is 8.18. The fraction of sp³-hybridized carbons (Fsp3) is 0.522. The van der Waals surface area contributed by atoms with E-state index >= 15 is 0 Å². The quantitative estimate of drug-likeness (QED) is 0.795. The third-order valence-corrected chi connectivity index (χ3v) is 5.86. The molecule has 1 aromatic carbocycles. The number of nitrogens with zero attached hydrogens (tertiary/aromatic N) is 4. The molecule has 1 aliphatic rings. The van der Waals surface area contributed by atoms with Crippen molar-refractivity contribution in [2.45, 2.75) is 46.1 Å². The predicted octanol–water partition coefficient (Wildman–Crippen LogP) is 4.22. The minimum atomic E-state index is 0.00602. The van der Waals surface area contributed by atoms with Crippen molar-refractivity contribution >= 4 is 11.8 Å². The van der Waals surface area contributed by atoms with Crippen molar-refractivity contribution in [2.75, 3.05) is 31.1 Å². The van der Waals surface area contributed by atoms with Crippen molar-refractivity contribution in [3.05, 3.63) is 54.0 Å². The smallest absolute Gasteiger partial charge is 0.318 e. The second kappa shape index (κ2) is 9.72. The Kier molecular flexibility index (Phi) is 7.07. The van der Waals surface area contributed by atoms with Gasteiger partial charge in [0.05, 0.1) is 12.2 Å². The summed E-state index contributed by atoms with van der Waals surface area (Å²) in [6.07, 6.45) is 6.28. The van der Waals surface area contributed by atoms with Gasteiger partial charge in [-0.1, -0.05) is 52.0 Å². The summed E-state index contributed by atoms with van der Waals surface area (Å²) < 4.78 is 0. The van der Waals surface area contributed by atoms with Gasteiger partial charge >= 0.3 is 6.03 Å². The monoisotopic (exact) mass is 395 g/mol. The van der Waals surface area contributed by atoms with Crippen molar-refractivity contribution in [3.63, 3.8) is 0 Å². The van der Waals surface area contributed by atoms with E-state index in [4.69, 9.17) is 0 Å². The highest BCUT2D eigenvalue weighted by Crippen LogP contribution is 2.25. The first kappa shape index (κ1) is 21.1. The molecule has 6 nitrogen and oxygen atoms in total. The standard InChI is InChI=1S/C23H33N5O/c1-5-18(4)19-6-8-20(9-7-19)22(17(2)3)26-23(29)28-14-12-27(13-15-28)21-16-24-10-11-25-21/h6-11,16-18,22H,5,12-15H2,1-4H3,(H,26,29)/t18-,22+/m0/s1. The Morgan fingerprint density at radius 3 is 2.24 bits per heavy atom. The normalized spacial score (nSPS) is 16.6. The van der Waals surface area contributed by atoms with E-state index in [1.165, 1.54) is 11.1 Å². The topological polar surface area (TPSA) is 61.4 Å². The summed E-state index contributed by atoms with van der Waals surface area (Å²) in [5.74, 6) is 1.74. The zero-order chi connectivity index (χ0) is 20.8. The molecule has 0 bridgehead atoms. The molecule has 2 amide bonds. The zero-order valence-electron chi connectivity index (χ0n) is 18.0. The van der Waals surface area contributed by atoms with E-state index in [-0.39, 0.29) is 12.1 Å². The number of piperazine rings is 1. The van der Waals surface area contributed by atoms with Crippen LogP contribution in [0, 0.1) is 5.92 Å². The first-order valence-electron chi connectivity index (χ1n) is 10.7. The van der Waals surface area contributed by atoms with Gasteiger partial charge in [-0.25, -0.2) is 9.78 Å². The van der Waals surface area contributed by atoms with Crippen molar-refractivity contribution in [1.82, 2.24) is 20.2 Å². The van der Waals surface area contributed by atoms with E-state index in [2.05, 4.69) is 72.1 Å². The maximum Gasteiger partial charge on any atom is 0.318 e. The lowest BCUT2D eigenvalue weighted by atomic mass is 9.92. The number of hydrogen-bond acceptors (Lipinski definition) is 4. The highest BCUT2D eigenvalue weighted by atomic mass is 16.2. The number of carbonyl (C=O) groups excluding carboxylic acids is 1. The van der Waals surface area contributed by atoms with Crippen LogP contribution in [-0.2, 0) is 0 Å². The Morgan fingerprint density at radius 2 is 1.69 bits per heavy atom. The summed E-state index contributed by atoms with van der Waals surface area (Å²) in [5.41, 5.74) is 2.52. The molecule has 2 heterocycles. The molecule has 3 rings (SSSR count). The predicted molar refractivity (Wildman–Crippen MR) is 117 cm³/mol. The number of anilines is 1. The van der Waals surface area contributed by atoms with Crippen LogP contribution in [0.1, 0.15) is 57.2 Å². The van der Waals surface area contributed by atoms with Crippen LogP contribution < -0.4 is 10.2 Å². The second-order valence-corrected chi connectivity index (χ2v) is 8.18. The van der Waals surface area contributed by atoms with Crippen molar-refractivity contribution in [3.8, 4) is 0 Å². The number of hydrogen-bond donors (Lipinski definition) is 1. The van der Waals surface area contributed by atoms with Gasteiger partial charge in [0.1, 0.15) is 5.82 Å². The van der Waals surface area contributed by atoms with Gasteiger partial charge in [-0.15, -0.1) is 0 Å². The van der Waals surface area contributed by atoms with Crippen molar-refractivity contribution < 1.29 is 4.79 Å². The fourth-order valence-corrected chi connectivity index (χ4v) is 3.72. The molecule has 0 radical (unpaired) electrons. The number of nitrogens with one attached hydrogen (secondary N) is 1. The minimum absolute atomic E-state index is 0.00602. The maximum atomic E-state index is 12.9. The van der Waals surface area contributed by atoms with Gasteiger partial charge in [-0.2, -0.15) is 0 Å². The third kappa shape index (κ3) is 5.25. The Balaban J connectivity index is 1.60. The number of aromatic nitrogens is 2. The summed E-state index contributed by atoms with van der Waals surface area (Å²) in [7, 11) is 0. The Bertz CT molecular complexity index is 770. The molecule has 1 fully saturated rings. The van der Waals surface area contributed by atoms with E-state index < -0.39 is 0 Å². The van der Waals surface area contributed by atoms with Crippen LogP contribution in [0.3, 0.4) is 0 Å². The Hall–Kier alpha value is -2.63. The average Bonchev–Trinajstić information content (AvgIpc) is 2.77. The lowest BCUT2D eigenvalue weighted by Gasteiger charge is -2.36. The van der Waals surface area contributed by atoms with Gasteiger partial charge in [-0.3, -0.25) is 4.98 Å². The molecular weight excluding hydrogens is 362 g/mol. The molecule has 0 spiro atoms. The molecule has 1 aliphatic heterocycles. The summed E-state index contributed by atoms with van der Waals surface area (Å²) in [6, 6.07) is 8.74. The summed E-state index contributed by atoms with van der Waals surface area (Å²) >= 11 is 0. The van der Waals surface area contributed by atoms with E-state index in [0.717, 1.165) is 25.3 Å². The minimum Gasteiger partial charge on any atom is -0.352 e. The Labute approximate surface area is 174 Å². The Morgan fingerprint density at radius 1 is 1.03 bits per heavy atom. The van der Waals surface area contributed by atoms with Crippen LogP contribution in [0.15, 0.2) is 42.9 Å². The molecule has 0 unspecified atom stereocenters. The van der Waals surface area contributed by atoms with Gasteiger partial charge < -0.3 is 15.1 Å². The summed E-state index contributed by atoms with van der Waals surface area (Å²) in [5, 5.41) is 3.26. The van der Waals surface area contributed by atoms with Crippen LogP contribution in [0.25, 0.3) is 0 Å². The van der Waals surface area contributed by atoms with E-state index in [1.54, 1.807) is 18.6 Å². The summed E-state index contributed by atoms with van der Waals surface area (Å²) in [4.78, 5) is 25.5. The van der Waals surface area contributed by atoms with Crippen molar-refractivity contribution in [2.24, 2.45) is 5.92 Å². The molecule has 6 heteroatoms. The van der Waals surface area contributed by atoms with Crippen LogP contribution in [0.2, 0.25) is 0 Å². The molecule has 1 saturated heterocycles. The molecular formula is C23H33N5O. The maximum absolute atomic E-state index is 12.9. The van der Waals surface area contributed by atoms with Crippen LogP contribution in [0.4, 0.5) is 10.6 Å². The van der Waals surface area contributed by atoms with Crippen LogP contribution in [0.5, 0.6) is 0 Å². The largest absolute Gasteiger partial charge is 0.352 e. The summed E-state index contributed by atoms with van der Waals surface area (Å²) in [6.45, 7) is 11.7. The SMILES string of the molecule is CC[C@H](C)c1ccc([C@H](NC(=O)N2CCN(c3cnccn3)CC2)C(C)C)cc1. The molecule has 1 N–H and O–H groups in total. The van der Waals surface area contributed by atoms with Gasteiger partial charge in [0, 0.05) is 38.6 Å². The van der Waals surface area contributed by atoms with Crippen LogP contribution >= 0.6 is 0 Å². The van der Waals surface area contributed by atoms with Gasteiger partial charge in [-0.05, 0) is 29.4 Å². The first-order chi connectivity index (χ1) is 14.0. The lowest BCUT2D eigenvalue weighted by Crippen LogP contribution is -2.52. The highest BCUT2D eigenvalue weighted by molar-refractivity contribution is 5.75. The highest BCUT2D eigenvalue weighted by Gasteiger charge is 2.25. The van der Waals surface area contributed by atoms with Crippen LogP contribution in [-0.4, -0.2) is 47.1 Å². The molecule has 156 valence electrons. The lowest BCUT2D eigenvalue weighted by molar-refractivity contribution is 0.186. The zero-order valence-corrected chi connectivity index (χ0v) is 18.0. The van der Waals surface area contributed by atoms with E-state index in [9.17, 15) is 4.79 Å². The van der Waals surface area contributed by atoms with E-state index in [1.807, 2.05) is 4.90 Å². The number of amides is 2. The first-order valence-corrected chi connectivity index (χ1v) is 10.7. The molecule has 0 aliphatic carbocycles. The number of benzene rings is 1. The van der Waals surface area contributed by atoms with Gasteiger partial charge in [0.25, 0.3) is 0 Å². The van der Waals surface area contributed by atoms with E-state index in [0.29, 0.717) is 24.9 Å².